The number of esters is 1. The fourth-order valence-corrected chi connectivity index (χ4v) is 2.09. The molecule has 0 bridgehead atoms. The van der Waals surface area contributed by atoms with E-state index in [0.29, 0.717) is 5.92 Å². The van der Waals surface area contributed by atoms with E-state index in [1.54, 1.807) is 19.9 Å². The van der Waals surface area contributed by atoms with Crippen LogP contribution in [0.5, 0.6) is 0 Å². The Morgan fingerprint density at radius 2 is 1.84 bits per heavy atom. The normalized spacial score (nSPS) is 17.1. The number of hydrogen-bond donors (Lipinski definition) is 1. The molecule has 0 heterocycles. The highest BCUT2D eigenvalue weighted by atomic mass is 35.5. The average molecular weight is 308 g/mol. The van der Waals surface area contributed by atoms with Gasteiger partial charge in [0.2, 0.25) is 0 Å². The summed E-state index contributed by atoms with van der Waals surface area (Å²) in [5, 5.41) is 2.43. The summed E-state index contributed by atoms with van der Waals surface area (Å²) >= 11 is 10.9. The molecule has 19 heavy (non-hydrogen) atoms. The lowest BCUT2D eigenvalue weighted by Gasteiger charge is -2.14. The van der Waals surface area contributed by atoms with E-state index in [-0.39, 0.29) is 11.8 Å². The largest absolute Gasteiger partial charge is 0.458 e. The van der Waals surface area contributed by atoms with Crippen molar-refractivity contribution in [2.75, 3.05) is 0 Å². The van der Waals surface area contributed by atoms with Gasteiger partial charge in [-0.15, -0.1) is 0 Å². The second kappa shape index (κ2) is 7.75. The van der Waals surface area contributed by atoms with Gasteiger partial charge < -0.3 is 10.1 Å². The maximum Gasteiger partial charge on any atom is 0.354 e. The number of rotatable bonds is 5. The lowest BCUT2D eigenvalue weighted by Crippen LogP contribution is -2.33. The minimum absolute atomic E-state index is 0.136. The first kappa shape index (κ1) is 16.3. The SMILES string of the molecule is CC(C)OC(=O)C(=CC1CCCC1)NC(=O)C(Cl)Cl. The number of hydrogen-bond acceptors (Lipinski definition) is 3. The quantitative estimate of drug-likeness (QED) is 0.483. The topological polar surface area (TPSA) is 55.4 Å². The van der Waals surface area contributed by atoms with Crippen molar-refractivity contribution in [3.05, 3.63) is 11.8 Å². The van der Waals surface area contributed by atoms with Gasteiger partial charge in [0.25, 0.3) is 5.91 Å². The van der Waals surface area contributed by atoms with Gasteiger partial charge in [0, 0.05) is 0 Å². The molecule has 0 atom stereocenters. The molecule has 0 saturated heterocycles. The fraction of sp³-hybridized carbons (Fsp3) is 0.692. The minimum atomic E-state index is -1.21. The van der Waals surface area contributed by atoms with Gasteiger partial charge in [-0.2, -0.15) is 0 Å². The first-order valence-electron chi connectivity index (χ1n) is 6.42. The van der Waals surface area contributed by atoms with Crippen molar-refractivity contribution in [2.24, 2.45) is 5.92 Å². The molecule has 1 saturated carbocycles. The number of allylic oxidation sites excluding steroid dienone is 1. The van der Waals surface area contributed by atoms with Crippen LogP contribution in [0.2, 0.25) is 0 Å². The first-order chi connectivity index (χ1) is 8.90. The number of carbonyl (C=O) groups is 2. The Morgan fingerprint density at radius 1 is 1.26 bits per heavy atom. The van der Waals surface area contributed by atoms with Crippen LogP contribution in [0, 0.1) is 5.92 Å². The lowest BCUT2D eigenvalue weighted by molar-refractivity contribution is -0.144. The third-order valence-electron chi connectivity index (χ3n) is 2.82. The number of amides is 1. The average Bonchev–Trinajstić information content (AvgIpc) is 2.79. The molecule has 1 amide bonds. The fourth-order valence-electron chi connectivity index (χ4n) is 1.99. The first-order valence-corrected chi connectivity index (χ1v) is 7.29. The van der Waals surface area contributed by atoms with E-state index in [1.165, 1.54) is 0 Å². The Morgan fingerprint density at radius 3 is 2.32 bits per heavy atom. The molecular weight excluding hydrogens is 289 g/mol. The van der Waals surface area contributed by atoms with Crippen LogP contribution in [0.4, 0.5) is 0 Å². The van der Waals surface area contributed by atoms with Crippen molar-refractivity contribution in [3.63, 3.8) is 0 Å². The zero-order chi connectivity index (χ0) is 14.4. The molecule has 108 valence electrons. The monoisotopic (exact) mass is 307 g/mol. The second-order valence-electron chi connectivity index (χ2n) is 4.87. The smallest absolute Gasteiger partial charge is 0.354 e. The number of halogens is 2. The standard InChI is InChI=1S/C13H19Cl2NO3/c1-8(2)19-13(18)10(16-12(17)11(14)15)7-9-5-3-4-6-9/h7-9,11H,3-6H2,1-2H3,(H,16,17). The zero-order valence-electron chi connectivity index (χ0n) is 11.1. The van der Waals surface area contributed by atoms with E-state index in [9.17, 15) is 9.59 Å². The lowest BCUT2D eigenvalue weighted by atomic mass is 10.1. The summed E-state index contributed by atoms with van der Waals surface area (Å²) in [4.78, 5) is 22.2. The van der Waals surface area contributed by atoms with Crippen molar-refractivity contribution >= 4 is 35.1 Å². The Bertz CT molecular complexity index is 361. The van der Waals surface area contributed by atoms with Gasteiger partial charge in [-0.05, 0) is 32.6 Å². The van der Waals surface area contributed by atoms with Crippen molar-refractivity contribution in [1.29, 1.82) is 0 Å². The maximum atomic E-state index is 11.9. The molecule has 0 unspecified atom stereocenters. The number of nitrogens with one attached hydrogen (secondary N) is 1. The molecule has 1 rings (SSSR count). The summed E-state index contributed by atoms with van der Waals surface area (Å²) < 4.78 is 5.10. The van der Waals surface area contributed by atoms with Crippen LogP contribution in [0.3, 0.4) is 0 Å². The van der Waals surface area contributed by atoms with Crippen LogP contribution in [-0.4, -0.2) is 22.8 Å². The van der Waals surface area contributed by atoms with Gasteiger partial charge in [0.15, 0.2) is 4.84 Å². The molecule has 0 aromatic heterocycles. The second-order valence-corrected chi connectivity index (χ2v) is 5.97. The Balaban J connectivity index is 2.77. The zero-order valence-corrected chi connectivity index (χ0v) is 12.6. The van der Waals surface area contributed by atoms with E-state index in [4.69, 9.17) is 27.9 Å². The molecule has 1 fully saturated rings. The molecule has 0 aromatic rings. The van der Waals surface area contributed by atoms with Crippen LogP contribution in [0.15, 0.2) is 11.8 Å². The molecule has 0 radical (unpaired) electrons. The third-order valence-corrected chi connectivity index (χ3v) is 3.22. The predicted molar refractivity (Wildman–Crippen MR) is 74.9 cm³/mol. The van der Waals surface area contributed by atoms with Crippen LogP contribution in [0.25, 0.3) is 0 Å². The van der Waals surface area contributed by atoms with Gasteiger partial charge in [0.1, 0.15) is 5.70 Å². The highest BCUT2D eigenvalue weighted by Crippen LogP contribution is 2.26. The molecule has 1 N–H and O–H groups in total. The highest BCUT2D eigenvalue weighted by molar-refractivity contribution is 6.53. The van der Waals surface area contributed by atoms with Crippen molar-refractivity contribution in [1.82, 2.24) is 5.32 Å². The van der Waals surface area contributed by atoms with Gasteiger partial charge in [0.05, 0.1) is 6.10 Å². The van der Waals surface area contributed by atoms with Gasteiger partial charge in [-0.25, -0.2) is 4.79 Å². The van der Waals surface area contributed by atoms with Gasteiger partial charge in [-0.3, -0.25) is 4.79 Å². The third kappa shape index (κ3) is 5.83. The summed E-state index contributed by atoms with van der Waals surface area (Å²) in [5.74, 6) is -0.878. The van der Waals surface area contributed by atoms with Crippen LogP contribution < -0.4 is 5.32 Å². The Labute approximate surface area is 123 Å². The summed E-state index contributed by atoms with van der Waals surface area (Å²) in [6.45, 7) is 3.50. The maximum absolute atomic E-state index is 11.9. The molecule has 0 aromatic carbocycles. The van der Waals surface area contributed by atoms with Crippen molar-refractivity contribution < 1.29 is 14.3 Å². The Kier molecular flexibility index (Phi) is 6.66. The molecule has 0 spiro atoms. The van der Waals surface area contributed by atoms with Gasteiger partial charge >= 0.3 is 5.97 Å². The molecule has 1 aliphatic rings. The van der Waals surface area contributed by atoms with E-state index in [0.717, 1.165) is 25.7 Å². The number of ether oxygens (including phenoxy) is 1. The molecule has 0 aliphatic heterocycles. The minimum Gasteiger partial charge on any atom is -0.458 e. The van der Waals surface area contributed by atoms with Gasteiger partial charge in [-0.1, -0.05) is 42.1 Å². The highest BCUT2D eigenvalue weighted by Gasteiger charge is 2.22. The summed E-state index contributed by atoms with van der Waals surface area (Å²) in [6, 6.07) is 0. The summed E-state index contributed by atoms with van der Waals surface area (Å²) in [6.07, 6.45) is 5.80. The molecule has 4 nitrogen and oxygen atoms in total. The summed E-state index contributed by atoms with van der Waals surface area (Å²) in [7, 11) is 0. The van der Waals surface area contributed by atoms with Crippen LogP contribution in [-0.2, 0) is 14.3 Å². The van der Waals surface area contributed by atoms with E-state index in [2.05, 4.69) is 5.32 Å². The van der Waals surface area contributed by atoms with E-state index in [1.807, 2.05) is 0 Å². The Hall–Kier alpha value is -0.740. The number of carbonyl (C=O) groups excluding carboxylic acids is 2. The van der Waals surface area contributed by atoms with E-state index < -0.39 is 16.7 Å². The molecule has 1 aliphatic carbocycles. The van der Waals surface area contributed by atoms with Crippen LogP contribution >= 0.6 is 23.2 Å². The van der Waals surface area contributed by atoms with Crippen molar-refractivity contribution in [3.8, 4) is 0 Å². The molecule has 6 heteroatoms. The molecular formula is C13H19Cl2NO3. The van der Waals surface area contributed by atoms with Crippen LogP contribution in [0.1, 0.15) is 39.5 Å². The van der Waals surface area contributed by atoms with Crippen molar-refractivity contribution in [2.45, 2.75) is 50.5 Å². The van der Waals surface area contributed by atoms with E-state index >= 15 is 0 Å². The number of alkyl halides is 2. The predicted octanol–water partition coefficient (Wildman–Crippen LogP) is 2.93. The summed E-state index contributed by atoms with van der Waals surface area (Å²) in [5.41, 5.74) is 0.136.